The zero-order valence-electron chi connectivity index (χ0n) is 10.8. The quantitative estimate of drug-likeness (QED) is 0.868. The molecule has 2 amide bonds. The second kappa shape index (κ2) is 6.01. The van der Waals surface area contributed by atoms with Crippen LogP contribution in [0.2, 0.25) is 5.02 Å². The molecule has 2 N–H and O–H groups in total. The van der Waals surface area contributed by atoms with Crippen molar-refractivity contribution in [2.45, 2.75) is 6.92 Å². The summed E-state index contributed by atoms with van der Waals surface area (Å²) < 4.78 is 0.833. The van der Waals surface area contributed by atoms with Crippen molar-refractivity contribution in [3.8, 4) is 0 Å². The number of urea groups is 1. The Bertz CT molecular complexity index is 546. The molecule has 0 spiro atoms. The van der Waals surface area contributed by atoms with E-state index in [0.29, 0.717) is 23.8 Å². The maximum atomic E-state index is 12.0. The lowest BCUT2D eigenvalue weighted by Gasteiger charge is -2.41. The summed E-state index contributed by atoms with van der Waals surface area (Å²) in [4.78, 5) is 24.4. The van der Waals surface area contributed by atoms with Crippen LogP contribution in [0.5, 0.6) is 0 Å². The van der Waals surface area contributed by atoms with Gasteiger partial charge < -0.3 is 15.3 Å². The van der Waals surface area contributed by atoms with Gasteiger partial charge in [-0.2, -0.15) is 0 Å². The normalized spacial score (nSPS) is 16.4. The van der Waals surface area contributed by atoms with Crippen LogP contribution in [0.15, 0.2) is 22.7 Å². The van der Waals surface area contributed by atoms with Crippen molar-refractivity contribution >= 4 is 45.2 Å². The van der Waals surface area contributed by atoms with Gasteiger partial charge in [0.05, 0.1) is 16.6 Å². The van der Waals surface area contributed by atoms with Crippen LogP contribution in [-0.2, 0) is 4.79 Å². The summed E-state index contributed by atoms with van der Waals surface area (Å²) in [7, 11) is 0. The topological polar surface area (TPSA) is 69.6 Å². The maximum Gasteiger partial charge on any atom is 0.321 e. The Balaban J connectivity index is 1.90. The third-order valence-corrected chi connectivity index (χ3v) is 4.27. The molecule has 5 nitrogen and oxygen atoms in total. The molecule has 20 heavy (non-hydrogen) atoms. The van der Waals surface area contributed by atoms with Crippen molar-refractivity contribution in [1.82, 2.24) is 4.90 Å². The number of carboxylic acid groups (broad SMARTS) is 1. The van der Waals surface area contributed by atoms with Crippen molar-refractivity contribution < 1.29 is 14.7 Å². The van der Waals surface area contributed by atoms with E-state index >= 15 is 0 Å². The van der Waals surface area contributed by atoms with Gasteiger partial charge in [0.2, 0.25) is 0 Å². The summed E-state index contributed by atoms with van der Waals surface area (Å²) in [5.41, 5.74) is 0.537. The monoisotopic (exact) mass is 360 g/mol. The molecule has 0 aromatic heterocycles. The van der Waals surface area contributed by atoms with E-state index in [1.807, 2.05) is 0 Å². The lowest BCUT2D eigenvalue weighted by atomic mass is 9.87. The minimum atomic E-state index is -0.828. The predicted molar refractivity (Wildman–Crippen MR) is 80.0 cm³/mol. The summed E-state index contributed by atoms with van der Waals surface area (Å²) in [6.45, 7) is 2.56. The number of benzene rings is 1. The number of hydrogen-bond acceptors (Lipinski definition) is 2. The summed E-state index contributed by atoms with van der Waals surface area (Å²) >= 11 is 9.31. The molecule has 1 aliphatic heterocycles. The molecule has 0 aliphatic carbocycles. The largest absolute Gasteiger partial charge is 0.481 e. The standard InChI is InChI=1S/C13H14BrClN2O3/c1-7(12(18)19)8-5-17(6-8)13(20)16-11-3-2-9(14)4-10(11)15/h2-4,7-8H,5-6H2,1H3,(H,16,20)(H,18,19). The summed E-state index contributed by atoms with van der Waals surface area (Å²) in [6, 6.07) is 4.93. The fraction of sp³-hybridized carbons (Fsp3) is 0.385. The van der Waals surface area contributed by atoms with Gasteiger partial charge in [-0.05, 0) is 18.2 Å². The highest BCUT2D eigenvalue weighted by molar-refractivity contribution is 9.10. The lowest BCUT2D eigenvalue weighted by Crippen LogP contribution is -2.54. The van der Waals surface area contributed by atoms with E-state index in [-0.39, 0.29) is 11.9 Å². The first-order valence-electron chi connectivity index (χ1n) is 6.12. The first-order chi connectivity index (χ1) is 9.38. The number of carbonyl (C=O) groups excluding carboxylic acids is 1. The average Bonchev–Trinajstić information content (AvgIpc) is 2.30. The Hall–Kier alpha value is -1.27. The molecule has 1 aliphatic rings. The average molecular weight is 362 g/mol. The van der Waals surface area contributed by atoms with Gasteiger partial charge in [-0.3, -0.25) is 4.79 Å². The van der Waals surface area contributed by atoms with Crippen molar-refractivity contribution in [3.63, 3.8) is 0 Å². The molecule has 1 fully saturated rings. The van der Waals surface area contributed by atoms with E-state index < -0.39 is 11.9 Å². The van der Waals surface area contributed by atoms with Crippen LogP contribution < -0.4 is 5.32 Å². The number of likely N-dealkylation sites (tertiary alicyclic amines) is 1. The molecule has 0 saturated carbocycles. The minimum absolute atomic E-state index is 0.0126. The number of hydrogen-bond donors (Lipinski definition) is 2. The fourth-order valence-electron chi connectivity index (χ4n) is 1.98. The summed E-state index contributed by atoms with van der Waals surface area (Å²) in [5, 5.41) is 12.1. The number of carbonyl (C=O) groups is 2. The van der Waals surface area contributed by atoms with E-state index in [9.17, 15) is 9.59 Å². The van der Waals surface area contributed by atoms with E-state index in [1.54, 1.807) is 30.0 Å². The van der Waals surface area contributed by atoms with Crippen molar-refractivity contribution in [2.75, 3.05) is 18.4 Å². The Morgan fingerprint density at radius 3 is 2.70 bits per heavy atom. The van der Waals surface area contributed by atoms with E-state index in [4.69, 9.17) is 16.7 Å². The first-order valence-corrected chi connectivity index (χ1v) is 7.29. The van der Waals surface area contributed by atoms with Gasteiger partial charge in [0, 0.05) is 23.5 Å². The van der Waals surface area contributed by atoms with Crippen LogP contribution in [-0.4, -0.2) is 35.1 Å². The highest BCUT2D eigenvalue weighted by Gasteiger charge is 2.37. The third-order valence-electron chi connectivity index (χ3n) is 3.47. The zero-order valence-corrected chi connectivity index (χ0v) is 13.1. The fourth-order valence-corrected chi connectivity index (χ4v) is 2.70. The van der Waals surface area contributed by atoms with E-state index in [1.165, 1.54) is 0 Å². The summed E-state index contributed by atoms with van der Waals surface area (Å²) in [6.07, 6.45) is 0. The molecule has 0 radical (unpaired) electrons. The number of anilines is 1. The van der Waals surface area contributed by atoms with Crippen LogP contribution in [0.3, 0.4) is 0 Å². The molecular formula is C13H14BrClN2O3. The van der Waals surface area contributed by atoms with Crippen molar-refractivity contribution in [2.24, 2.45) is 11.8 Å². The predicted octanol–water partition coefficient (Wildman–Crippen LogP) is 3.29. The highest BCUT2D eigenvalue weighted by atomic mass is 79.9. The summed E-state index contributed by atoms with van der Waals surface area (Å²) in [5.74, 6) is -1.25. The number of aliphatic carboxylic acids is 1. The van der Waals surface area contributed by atoms with Crippen LogP contribution in [0.4, 0.5) is 10.5 Å². The molecule has 1 aromatic carbocycles. The van der Waals surface area contributed by atoms with Crippen LogP contribution in [0.1, 0.15) is 6.92 Å². The Morgan fingerprint density at radius 1 is 1.50 bits per heavy atom. The van der Waals surface area contributed by atoms with Gasteiger partial charge in [0.1, 0.15) is 0 Å². The van der Waals surface area contributed by atoms with Crippen LogP contribution >= 0.6 is 27.5 Å². The maximum absolute atomic E-state index is 12.0. The van der Waals surface area contributed by atoms with Crippen molar-refractivity contribution in [1.29, 1.82) is 0 Å². The molecule has 0 bridgehead atoms. The lowest BCUT2D eigenvalue weighted by molar-refractivity contribution is -0.144. The molecule has 7 heteroatoms. The minimum Gasteiger partial charge on any atom is -0.481 e. The third kappa shape index (κ3) is 3.24. The second-order valence-corrected chi connectivity index (χ2v) is 6.17. The molecule has 1 unspecified atom stereocenters. The van der Waals surface area contributed by atoms with E-state index in [2.05, 4.69) is 21.2 Å². The number of rotatable bonds is 3. The SMILES string of the molecule is CC(C(=O)O)C1CN(C(=O)Nc2ccc(Br)cc2Cl)C1. The number of halogens is 2. The smallest absolute Gasteiger partial charge is 0.321 e. The molecule has 1 heterocycles. The molecule has 1 saturated heterocycles. The van der Waals surface area contributed by atoms with Gasteiger partial charge in [-0.15, -0.1) is 0 Å². The number of amides is 2. The van der Waals surface area contributed by atoms with Crippen LogP contribution in [0.25, 0.3) is 0 Å². The molecule has 2 rings (SSSR count). The Labute approximate surface area is 130 Å². The first kappa shape index (κ1) is 15.1. The van der Waals surface area contributed by atoms with Gasteiger partial charge >= 0.3 is 12.0 Å². The number of carboxylic acids is 1. The van der Waals surface area contributed by atoms with Gasteiger partial charge in [0.15, 0.2) is 0 Å². The second-order valence-electron chi connectivity index (χ2n) is 4.85. The molecular weight excluding hydrogens is 348 g/mol. The van der Waals surface area contributed by atoms with E-state index in [0.717, 1.165) is 4.47 Å². The Kier molecular flexibility index (Phi) is 4.55. The van der Waals surface area contributed by atoms with Gasteiger partial charge in [-0.1, -0.05) is 34.5 Å². The molecule has 1 atom stereocenters. The number of nitrogens with zero attached hydrogens (tertiary/aromatic N) is 1. The Morgan fingerprint density at radius 2 is 2.15 bits per heavy atom. The molecule has 1 aromatic rings. The number of nitrogens with one attached hydrogen (secondary N) is 1. The van der Waals surface area contributed by atoms with Gasteiger partial charge in [0.25, 0.3) is 0 Å². The van der Waals surface area contributed by atoms with Crippen molar-refractivity contribution in [3.05, 3.63) is 27.7 Å². The highest BCUT2D eigenvalue weighted by Crippen LogP contribution is 2.28. The van der Waals surface area contributed by atoms with Gasteiger partial charge in [-0.25, -0.2) is 4.79 Å². The molecule has 108 valence electrons. The zero-order chi connectivity index (χ0) is 14.9. The van der Waals surface area contributed by atoms with Crippen LogP contribution in [0, 0.1) is 11.8 Å².